The summed E-state index contributed by atoms with van der Waals surface area (Å²) >= 11 is 0. The SMILES string of the molecule is CCOCOC1C[C@@H]2[C@@H](CC[C@]3(C)C(OCOCC)CC[C@@H]23)[C@@]2(C)CCC(O)CC12. The molecule has 4 aliphatic rings. The zero-order valence-corrected chi connectivity index (χ0v) is 19.6. The minimum Gasteiger partial charge on any atom is -0.393 e. The van der Waals surface area contributed by atoms with E-state index in [4.69, 9.17) is 18.9 Å². The van der Waals surface area contributed by atoms with Gasteiger partial charge < -0.3 is 24.1 Å². The summed E-state index contributed by atoms with van der Waals surface area (Å²) in [5.74, 6) is 2.57. The highest BCUT2D eigenvalue weighted by molar-refractivity contribution is 5.11. The topological polar surface area (TPSA) is 57.2 Å². The lowest BCUT2D eigenvalue weighted by Crippen LogP contribution is -2.59. The van der Waals surface area contributed by atoms with E-state index in [1.807, 2.05) is 13.8 Å². The summed E-state index contributed by atoms with van der Waals surface area (Å²) in [5.41, 5.74) is 0.519. The van der Waals surface area contributed by atoms with Crippen molar-refractivity contribution >= 4 is 0 Å². The summed E-state index contributed by atoms with van der Waals surface area (Å²) in [4.78, 5) is 0. The van der Waals surface area contributed by atoms with Gasteiger partial charge in [0.05, 0.1) is 18.3 Å². The molecule has 30 heavy (non-hydrogen) atoms. The summed E-state index contributed by atoms with van der Waals surface area (Å²) in [6, 6.07) is 0. The molecule has 0 spiro atoms. The van der Waals surface area contributed by atoms with Crippen molar-refractivity contribution in [2.24, 2.45) is 34.5 Å². The van der Waals surface area contributed by atoms with Gasteiger partial charge in [0.15, 0.2) is 0 Å². The van der Waals surface area contributed by atoms with Gasteiger partial charge in [-0.1, -0.05) is 13.8 Å². The highest BCUT2D eigenvalue weighted by Crippen LogP contribution is 2.66. The third-order valence-corrected chi connectivity index (χ3v) is 9.67. The highest BCUT2D eigenvalue weighted by Gasteiger charge is 2.62. The Kier molecular flexibility index (Phi) is 7.16. The van der Waals surface area contributed by atoms with E-state index in [9.17, 15) is 5.11 Å². The van der Waals surface area contributed by atoms with Crippen molar-refractivity contribution < 1.29 is 24.1 Å². The number of aliphatic hydroxyl groups excluding tert-OH is 1. The van der Waals surface area contributed by atoms with E-state index in [1.165, 1.54) is 19.3 Å². The Labute approximate surface area is 183 Å². The molecule has 0 bridgehead atoms. The van der Waals surface area contributed by atoms with Crippen LogP contribution in [0.2, 0.25) is 0 Å². The first-order valence-corrected chi connectivity index (χ1v) is 12.5. The molecule has 0 heterocycles. The number of fused-ring (bicyclic) bond motifs is 5. The molecule has 0 aromatic rings. The standard InChI is InChI=1S/C25H44O5/c1-5-27-15-29-22-14-18-19-7-8-23(30-16-28-6-2)25(19,4)12-10-20(18)24(3)11-9-17(26)13-21(22)24/h17-23,26H,5-16H2,1-4H3/t17?,18-,19-,20+,21?,22?,23?,24+,25-/m0/s1. The van der Waals surface area contributed by atoms with Gasteiger partial charge >= 0.3 is 0 Å². The fourth-order valence-electron chi connectivity index (χ4n) is 8.09. The van der Waals surface area contributed by atoms with Crippen LogP contribution in [0.4, 0.5) is 0 Å². The molecule has 4 saturated carbocycles. The zero-order valence-electron chi connectivity index (χ0n) is 19.6. The summed E-state index contributed by atoms with van der Waals surface area (Å²) in [5, 5.41) is 10.5. The van der Waals surface area contributed by atoms with Gasteiger partial charge in [0.2, 0.25) is 0 Å². The first-order chi connectivity index (χ1) is 14.4. The second-order valence-corrected chi connectivity index (χ2v) is 10.9. The summed E-state index contributed by atoms with van der Waals surface area (Å²) in [6.07, 6.45) is 9.37. The molecule has 4 unspecified atom stereocenters. The van der Waals surface area contributed by atoms with Gasteiger partial charge in [-0.05, 0) is 99.7 Å². The largest absolute Gasteiger partial charge is 0.393 e. The lowest BCUT2D eigenvalue weighted by molar-refractivity contribution is -0.213. The Balaban J connectivity index is 1.54. The number of rotatable bonds is 8. The van der Waals surface area contributed by atoms with E-state index >= 15 is 0 Å². The minimum atomic E-state index is -0.172. The summed E-state index contributed by atoms with van der Waals surface area (Å²) in [6.45, 7) is 11.2. The van der Waals surface area contributed by atoms with Crippen LogP contribution in [0, 0.1) is 34.5 Å². The highest BCUT2D eigenvalue weighted by atomic mass is 16.7. The van der Waals surface area contributed by atoms with Crippen LogP contribution < -0.4 is 0 Å². The zero-order chi connectivity index (χ0) is 21.4. The molecule has 0 aliphatic heterocycles. The Morgan fingerprint density at radius 1 is 0.767 bits per heavy atom. The summed E-state index contributed by atoms with van der Waals surface area (Å²) in [7, 11) is 0. The van der Waals surface area contributed by atoms with Crippen molar-refractivity contribution in [2.75, 3.05) is 26.8 Å². The molecule has 4 aliphatic carbocycles. The molecule has 9 atom stereocenters. The second-order valence-electron chi connectivity index (χ2n) is 10.9. The fourth-order valence-corrected chi connectivity index (χ4v) is 8.09. The average molecular weight is 425 g/mol. The lowest BCUT2D eigenvalue weighted by Gasteiger charge is -2.62. The molecule has 4 rings (SSSR count). The maximum Gasteiger partial charge on any atom is 0.147 e. The predicted octanol–water partition coefficient (Wildman–Crippen LogP) is 4.76. The van der Waals surface area contributed by atoms with E-state index < -0.39 is 0 Å². The molecule has 0 radical (unpaired) electrons. The van der Waals surface area contributed by atoms with Gasteiger partial charge in [-0.3, -0.25) is 0 Å². The van der Waals surface area contributed by atoms with E-state index in [0.29, 0.717) is 50.7 Å². The molecule has 4 fully saturated rings. The van der Waals surface area contributed by atoms with Crippen molar-refractivity contribution in [3.63, 3.8) is 0 Å². The molecule has 174 valence electrons. The molecule has 0 saturated heterocycles. The van der Waals surface area contributed by atoms with Gasteiger partial charge in [0.1, 0.15) is 13.6 Å². The van der Waals surface area contributed by atoms with Gasteiger partial charge in [-0.15, -0.1) is 0 Å². The molecule has 5 heteroatoms. The molecule has 1 N–H and O–H groups in total. The Hall–Kier alpha value is -0.200. The third-order valence-electron chi connectivity index (χ3n) is 9.67. The quantitative estimate of drug-likeness (QED) is 0.450. The molecule has 0 amide bonds. The van der Waals surface area contributed by atoms with Crippen LogP contribution in [0.5, 0.6) is 0 Å². The first kappa shape index (κ1) is 23.0. The van der Waals surface area contributed by atoms with Gasteiger partial charge in [0, 0.05) is 13.2 Å². The van der Waals surface area contributed by atoms with Crippen LogP contribution in [0.3, 0.4) is 0 Å². The van der Waals surface area contributed by atoms with Gasteiger partial charge in [-0.2, -0.15) is 0 Å². The number of hydrogen-bond acceptors (Lipinski definition) is 5. The first-order valence-electron chi connectivity index (χ1n) is 12.5. The minimum absolute atomic E-state index is 0.172. The van der Waals surface area contributed by atoms with Crippen LogP contribution in [0.25, 0.3) is 0 Å². The van der Waals surface area contributed by atoms with E-state index in [0.717, 1.165) is 38.0 Å². The van der Waals surface area contributed by atoms with Crippen molar-refractivity contribution in [1.29, 1.82) is 0 Å². The van der Waals surface area contributed by atoms with Crippen molar-refractivity contribution in [3.05, 3.63) is 0 Å². The number of aliphatic hydroxyl groups is 1. The fraction of sp³-hybridized carbons (Fsp3) is 1.00. The molecular weight excluding hydrogens is 380 g/mol. The maximum absolute atomic E-state index is 10.5. The second kappa shape index (κ2) is 9.35. The Bertz CT molecular complexity index is 570. The van der Waals surface area contributed by atoms with Crippen molar-refractivity contribution in [1.82, 2.24) is 0 Å². The van der Waals surface area contributed by atoms with E-state index in [-0.39, 0.29) is 23.0 Å². The van der Waals surface area contributed by atoms with E-state index in [1.54, 1.807) is 0 Å². The molecular formula is C25H44O5. The van der Waals surface area contributed by atoms with Crippen LogP contribution in [-0.4, -0.2) is 50.2 Å². The Morgan fingerprint density at radius 2 is 1.43 bits per heavy atom. The smallest absolute Gasteiger partial charge is 0.147 e. The van der Waals surface area contributed by atoms with Crippen molar-refractivity contribution in [3.8, 4) is 0 Å². The lowest BCUT2D eigenvalue weighted by atomic mass is 9.44. The number of hydrogen-bond donors (Lipinski definition) is 1. The third kappa shape index (κ3) is 3.98. The van der Waals surface area contributed by atoms with Crippen LogP contribution in [0.1, 0.15) is 79.1 Å². The van der Waals surface area contributed by atoms with Gasteiger partial charge in [-0.25, -0.2) is 0 Å². The predicted molar refractivity (Wildman–Crippen MR) is 116 cm³/mol. The molecule has 0 aromatic heterocycles. The Morgan fingerprint density at radius 3 is 2.17 bits per heavy atom. The van der Waals surface area contributed by atoms with Crippen LogP contribution in [-0.2, 0) is 18.9 Å². The molecule has 0 aromatic carbocycles. The molecule has 5 nitrogen and oxygen atoms in total. The average Bonchev–Trinajstić information content (AvgIpc) is 3.06. The number of ether oxygens (including phenoxy) is 4. The van der Waals surface area contributed by atoms with Crippen LogP contribution >= 0.6 is 0 Å². The van der Waals surface area contributed by atoms with E-state index in [2.05, 4.69) is 13.8 Å². The monoisotopic (exact) mass is 424 g/mol. The normalized spacial score (nSPS) is 48.1. The summed E-state index contributed by atoms with van der Waals surface area (Å²) < 4.78 is 23.7. The maximum atomic E-state index is 10.5. The van der Waals surface area contributed by atoms with Crippen molar-refractivity contribution in [2.45, 2.75) is 97.4 Å². The van der Waals surface area contributed by atoms with Crippen LogP contribution in [0.15, 0.2) is 0 Å². The van der Waals surface area contributed by atoms with Gasteiger partial charge in [0.25, 0.3) is 0 Å².